The van der Waals surface area contributed by atoms with E-state index in [2.05, 4.69) is 11.4 Å². The Kier molecular flexibility index (Phi) is 8.58. The van der Waals surface area contributed by atoms with Crippen LogP contribution in [0, 0.1) is 11.3 Å². The van der Waals surface area contributed by atoms with Gasteiger partial charge in [-0.25, -0.2) is 0 Å². The highest BCUT2D eigenvalue weighted by Crippen LogP contribution is 2.39. The fourth-order valence-corrected chi connectivity index (χ4v) is 2.90. The molecule has 1 atom stereocenters. The quantitative estimate of drug-likeness (QED) is 0.621. The first-order valence-corrected chi connectivity index (χ1v) is 9.43. The summed E-state index contributed by atoms with van der Waals surface area (Å²) >= 11 is 0. The van der Waals surface area contributed by atoms with Gasteiger partial charge in [-0.05, 0) is 42.3 Å². The second-order valence-corrected chi connectivity index (χ2v) is 6.29. The lowest BCUT2D eigenvalue weighted by Gasteiger charge is -2.17. The summed E-state index contributed by atoms with van der Waals surface area (Å²) < 4.78 is 26.8. The topological polar surface area (TPSA) is 99.0 Å². The lowest BCUT2D eigenvalue weighted by molar-refractivity contribution is -0.123. The molecule has 1 N–H and O–H groups in total. The van der Waals surface area contributed by atoms with Gasteiger partial charge in [0, 0.05) is 0 Å². The van der Waals surface area contributed by atoms with Crippen molar-refractivity contribution >= 4 is 12.0 Å². The van der Waals surface area contributed by atoms with Gasteiger partial charge in [-0.1, -0.05) is 18.2 Å². The number of carbonyl (C=O) groups is 1. The van der Waals surface area contributed by atoms with Crippen molar-refractivity contribution in [3.8, 4) is 34.8 Å². The van der Waals surface area contributed by atoms with E-state index in [-0.39, 0.29) is 6.61 Å². The molecule has 8 nitrogen and oxygen atoms in total. The van der Waals surface area contributed by atoms with Crippen molar-refractivity contribution in [1.82, 2.24) is 5.32 Å². The van der Waals surface area contributed by atoms with Crippen molar-refractivity contribution in [3.63, 3.8) is 0 Å². The molecule has 0 saturated heterocycles. The summed E-state index contributed by atoms with van der Waals surface area (Å²) in [5.41, 5.74) is 1.43. The van der Waals surface area contributed by atoms with Gasteiger partial charge < -0.3 is 29.0 Å². The Morgan fingerprint density at radius 3 is 2.16 bits per heavy atom. The van der Waals surface area contributed by atoms with E-state index in [0.717, 1.165) is 5.56 Å². The lowest BCUT2D eigenvalue weighted by atomic mass is 10.1. The number of ether oxygens (including phenoxy) is 5. The van der Waals surface area contributed by atoms with E-state index < -0.39 is 11.9 Å². The van der Waals surface area contributed by atoms with E-state index in [4.69, 9.17) is 23.7 Å². The molecule has 0 aliphatic carbocycles. The van der Waals surface area contributed by atoms with Gasteiger partial charge in [0.15, 0.2) is 29.6 Å². The SMILES string of the molecule is C/C=C/c1ccc(OCC(=O)NC(C#N)c2cc(OC)c(OC)c(OC)c2)c(OC)c1. The Labute approximate surface area is 181 Å². The lowest BCUT2D eigenvalue weighted by Crippen LogP contribution is -2.32. The molecule has 2 rings (SSSR count). The van der Waals surface area contributed by atoms with Crippen LogP contribution in [-0.2, 0) is 4.79 Å². The van der Waals surface area contributed by atoms with Crippen molar-refractivity contribution in [2.45, 2.75) is 13.0 Å². The molecule has 0 fully saturated rings. The highest BCUT2D eigenvalue weighted by atomic mass is 16.5. The van der Waals surface area contributed by atoms with Gasteiger partial charge in [0.1, 0.15) is 6.04 Å². The van der Waals surface area contributed by atoms with E-state index in [1.54, 1.807) is 24.3 Å². The Morgan fingerprint density at radius 1 is 1.00 bits per heavy atom. The van der Waals surface area contributed by atoms with E-state index in [9.17, 15) is 10.1 Å². The minimum Gasteiger partial charge on any atom is -0.493 e. The molecule has 164 valence electrons. The van der Waals surface area contributed by atoms with Crippen LogP contribution in [0.1, 0.15) is 24.1 Å². The van der Waals surface area contributed by atoms with Gasteiger partial charge in [-0.15, -0.1) is 0 Å². The third-order valence-electron chi connectivity index (χ3n) is 4.36. The zero-order valence-electron chi connectivity index (χ0n) is 18.2. The highest BCUT2D eigenvalue weighted by Gasteiger charge is 2.20. The number of amides is 1. The number of methoxy groups -OCH3 is 4. The van der Waals surface area contributed by atoms with Gasteiger partial charge in [-0.2, -0.15) is 5.26 Å². The fraction of sp³-hybridized carbons (Fsp3) is 0.304. The number of carbonyl (C=O) groups excluding carboxylic acids is 1. The van der Waals surface area contributed by atoms with E-state index >= 15 is 0 Å². The van der Waals surface area contributed by atoms with Gasteiger partial charge in [0.2, 0.25) is 5.75 Å². The molecule has 1 amide bonds. The Morgan fingerprint density at radius 2 is 1.65 bits per heavy atom. The van der Waals surface area contributed by atoms with Crippen LogP contribution in [0.3, 0.4) is 0 Å². The molecule has 0 spiro atoms. The number of allylic oxidation sites excluding steroid dienone is 1. The van der Waals surface area contributed by atoms with Crippen molar-refractivity contribution in [3.05, 3.63) is 47.5 Å². The molecule has 0 heterocycles. The van der Waals surface area contributed by atoms with Crippen molar-refractivity contribution < 1.29 is 28.5 Å². The molecule has 0 bridgehead atoms. The standard InChI is InChI=1S/C23H26N2O6/c1-6-7-15-8-9-18(19(10-15)27-2)31-14-22(26)25-17(13-24)16-11-20(28-3)23(30-5)21(12-16)29-4/h6-12,17H,14H2,1-5H3,(H,25,26)/b7-6+. The second-order valence-electron chi connectivity index (χ2n) is 6.29. The maximum atomic E-state index is 12.4. The summed E-state index contributed by atoms with van der Waals surface area (Å²) in [6, 6.07) is 9.72. The number of nitriles is 1. The second kappa shape index (κ2) is 11.4. The highest BCUT2D eigenvalue weighted by molar-refractivity contribution is 5.78. The fourth-order valence-electron chi connectivity index (χ4n) is 2.90. The molecular weight excluding hydrogens is 400 g/mol. The Bertz CT molecular complexity index is 956. The van der Waals surface area contributed by atoms with Crippen LogP contribution >= 0.6 is 0 Å². The Hall–Kier alpha value is -3.86. The molecule has 2 aromatic carbocycles. The van der Waals surface area contributed by atoms with Crippen molar-refractivity contribution in [2.24, 2.45) is 0 Å². The summed E-state index contributed by atoms with van der Waals surface area (Å²) in [4.78, 5) is 12.4. The maximum Gasteiger partial charge on any atom is 0.259 e. The minimum absolute atomic E-state index is 0.290. The predicted octanol–water partition coefficient (Wildman–Crippen LogP) is 3.51. The van der Waals surface area contributed by atoms with Gasteiger partial charge in [-0.3, -0.25) is 4.79 Å². The molecule has 1 unspecified atom stereocenters. The maximum absolute atomic E-state index is 12.4. The summed E-state index contributed by atoms with van der Waals surface area (Å²) in [6.07, 6.45) is 3.84. The van der Waals surface area contributed by atoms with Gasteiger partial charge in [0.05, 0.1) is 34.5 Å². The molecule has 0 saturated carbocycles. The van der Waals surface area contributed by atoms with E-state index in [1.807, 2.05) is 25.1 Å². The van der Waals surface area contributed by atoms with Crippen LogP contribution in [0.4, 0.5) is 0 Å². The monoisotopic (exact) mass is 426 g/mol. The zero-order valence-corrected chi connectivity index (χ0v) is 18.2. The van der Waals surface area contributed by atoms with Gasteiger partial charge in [0.25, 0.3) is 5.91 Å². The number of nitrogens with one attached hydrogen (secondary N) is 1. The summed E-state index contributed by atoms with van der Waals surface area (Å²) in [5.74, 6) is 1.62. The zero-order chi connectivity index (χ0) is 22.8. The molecule has 0 aliphatic rings. The molecule has 0 aliphatic heterocycles. The van der Waals surface area contributed by atoms with Crippen LogP contribution in [0.5, 0.6) is 28.7 Å². The molecule has 2 aromatic rings. The normalized spacial score (nSPS) is 11.4. The first-order valence-electron chi connectivity index (χ1n) is 9.43. The number of nitrogens with zero attached hydrogens (tertiary/aromatic N) is 1. The molecule has 8 heteroatoms. The molecule has 0 aromatic heterocycles. The summed E-state index contributed by atoms with van der Waals surface area (Å²) in [6.45, 7) is 1.63. The number of hydrogen-bond donors (Lipinski definition) is 1. The third kappa shape index (κ3) is 5.82. The average Bonchev–Trinajstić information content (AvgIpc) is 2.80. The number of hydrogen-bond acceptors (Lipinski definition) is 7. The van der Waals surface area contributed by atoms with Crippen LogP contribution in [0.25, 0.3) is 6.08 Å². The number of benzene rings is 2. The number of rotatable bonds is 10. The van der Waals surface area contributed by atoms with Crippen LogP contribution in [-0.4, -0.2) is 41.0 Å². The first-order chi connectivity index (χ1) is 15.0. The predicted molar refractivity (Wildman–Crippen MR) is 116 cm³/mol. The summed E-state index contributed by atoms with van der Waals surface area (Å²) in [7, 11) is 5.96. The van der Waals surface area contributed by atoms with Gasteiger partial charge >= 0.3 is 0 Å². The Balaban J connectivity index is 2.13. The minimum atomic E-state index is -0.941. The smallest absolute Gasteiger partial charge is 0.259 e. The van der Waals surface area contributed by atoms with Crippen molar-refractivity contribution in [2.75, 3.05) is 35.0 Å². The van der Waals surface area contributed by atoms with E-state index in [0.29, 0.717) is 34.3 Å². The average molecular weight is 426 g/mol. The largest absolute Gasteiger partial charge is 0.493 e. The van der Waals surface area contributed by atoms with Crippen LogP contribution in [0.2, 0.25) is 0 Å². The van der Waals surface area contributed by atoms with Crippen LogP contribution in [0.15, 0.2) is 36.4 Å². The van der Waals surface area contributed by atoms with Crippen molar-refractivity contribution in [1.29, 1.82) is 5.26 Å². The molecular formula is C23H26N2O6. The molecule has 31 heavy (non-hydrogen) atoms. The summed E-state index contributed by atoms with van der Waals surface area (Å²) in [5, 5.41) is 12.2. The molecule has 0 radical (unpaired) electrons. The van der Waals surface area contributed by atoms with Crippen LogP contribution < -0.4 is 29.0 Å². The first kappa shape index (κ1) is 23.4. The van der Waals surface area contributed by atoms with E-state index in [1.165, 1.54) is 28.4 Å². The third-order valence-corrected chi connectivity index (χ3v) is 4.36.